The third-order valence-corrected chi connectivity index (χ3v) is 7.38. The summed E-state index contributed by atoms with van der Waals surface area (Å²) in [4.78, 5) is 35.9. The fourth-order valence-corrected chi connectivity index (χ4v) is 5.39. The largest absolute Gasteiger partial charge is 0.325 e. The van der Waals surface area contributed by atoms with E-state index in [2.05, 4.69) is 10.3 Å². The predicted molar refractivity (Wildman–Crippen MR) is 135 cm³/mol. The van der Waals surface area contributed by atoms with Gasteiger partial charge in [0.2, 0.25) is 5.91 Å². The van der Waals surface area contributed by atoms with Gasteiger partial charge < -0.3 is 5.32 Å². The molecule has 6 nitrogen and oxygen atoms in total. The molecule has 2 aromatic carbocycles. The van der Waals surface area contributed by atoms with Gasteiger partial charge in [-0.15, -0.1) is 11.3 Å². The lowest BCUT2D eigenvalue weighted by molar-refractivity contribution is -0.113. The van der Waals surface area contributed by atoms with Gasteiger partial charge in [-0.05, 0) is 36.8 Å². The molecule has 3 aromatic heterocycles. The number of anilines is 1. The highest BCUT2D eigenvalue weighted by Crippen LogP contribution is 2.30. The Hall–Kier alpha value is -3.63. The highest BCUT2D eigenvalue weighted by Gasteiger charge is 2.18. The van der Waals surface area contributed by atoms with Crippen LogP contribution in [0.2, 0.25) is 0 Å². The van der Waals surface area contributed by atoms with Crippen LogP contribution in [0.25, 0.3) is 20.4 Å². The first-order chi connectivity index (χ1) is 16.9. The van der Waals surface area contributed by atoms with E-state index in [1.807, 2.05) is 37.3 Å². The number of rotatable bonds is 6. The number of nitrogens with zero attached hydrogens (tertiary/aromatic N) is 3. The van der Waals surface area contributed by atoms with Crippen molar-refractivity contribution in [3.63, 3.8) is 0 Å². The van der Waals surface area contributed by atoms with Crippen LogP contribution in [0.3, 0.4) is 0 Å². The van der Waals surface area contributed by atoms with Gasteiger partial charge in [-0.3, -0.25) is 14.2 Å². The maximum absolute atomic E-state index is 13.5. The molecule has 0 aliphatic rings. The van der Waals surface area contributed by atoms with Crippen LogP contribution in [0, 0.1) is 18.6 Å². The second-order valence-electron chi connectivity index (χ2n) is 7.87. The molecule has 0 fully saturated rings. The minimum absolute atomic E-state index is 0.0782. The van der Waals surface area contributed by atoms with Gasteiger partial charge in [0.15, 0.2) is 16.8 Å². The molecule has 176 valence electrons. The number of fused-ring (bicyclic) bond motifs is 3. The third-order valence-electron chi connectivity index (χ3n) is 5.31. The summed E-state index contributed by atoms with van der Waals surface area (Å²) in [5.74, 6) is -2.56. The molecular weight excluding hydrogens is 490 g/mol. The number of aryl methyl sites for hydroxylation is 1. The van der Waals surface area contributed by atoms with Gasteiger partial charge in [0, 0.05) is 23.3 Å². The fourth-order valence-electron chi connectivity index (χ4n) is 3.57. The Labute approximate surface area is 206 Å². The van der Waals surface area contributed by atoms with Crippen molar-refractivity contribution >= 4 is 55.1 Å². The molecule has 0 atom stereocenters. The van der Waals surface area contributed by atoms with Gasteiger partial charge in [0.1, 0.15) is 9.53 Å². The van der Waals surface area contributed by atoms with E-state index in [1.54, 1.807) is 16.8 Å². The number of pyridine rings is 1. The number of aromatic nitrogens is 3. The average molecular weight is 509 g/mol. The number of hydrogen-bond acceptors (Lipinski definition) is 6. The minimum Gasteiger partial charge on any atom is -0.325 e. The standard InChI is InChI=1S/C25H18F2N4O2S2/c1-14-4-6-15(7-5-14)12-31-24(33)22-21(17-3-2-10-28-23(17)35-22)30-25(31)34-13-20(32)29-16-8-9-18(26)19(27)11-16/h2-11H,12-13H2,1H3,(H,29,32). The molecule has 35 heavy (non-hydrogen) atoms. The van der Waals surface area contributed by atoms with Crippen molar-refractivity contribution in [1.82, 2.24) is 14.5 Å². The van der Waals surface area contributed by atoms with E-state index in [9.17, 15) is 18.4 Å². The Morgan fingerprint density at radius 1 is 1.11 bits per heavy atom. The lowest BCUT2D eigenvalue weighted by Gasteiger charge is -2.12. The van der Waals surface area contributed by atoms with E-state index in [0.717, 1.165) is 40.4 Å². The molecular formula is C25H18F2N4O2S2. The first-order valence-electron chi connectivity index (χ1n) is 10.6. The number of thiophene rings is 1. The molecule has 0 unspecified atom stereocenters. The van der Waals surface area contributed by atoms with Gasteiger partial charge in [0.05, 0.1) is 17.8 Å². The van der Waals surface area contributed by atoms with Crippen molar-refractivity contribution in [2.24, 2.45) is 0 Å². The average Bonchev–Trinajstić information content (AvgIpc) is 3.22. The van der Waals surface area contributed by atoms with Crippen LogP contribution in [0.4, 0.5) is 14.5 Å². The molecule has 0 saturated heterocycles. The quantitative estimate of drug-likeness (QED) is 0.246. The topological polar surface area (TPSA) is 76.9 Å². The summed E-state index contributed by atoms with van der Waals surface area (Å²) in [6, 6.07) is 14.6. The lowest BCUT2D eigenvalue weighted by Crippen LogP contribution is -2.24. The summed E-state index contributed by atoms with van der Waals surface area (Å²) in [6.45, 7) is 2.28. The molecule has 5 aromatic rings. The Bertz CT molecular complexity index is 1630. The monoisotopic (exact) mass is 508 g/mol. The Kier molecular flexibility index (Phi) is 6.31. The van der Waals surface area contributed by atoms with Gasteiger partial charge >= 0.3 is 0 Å². The first kappa shape index (κ1) is 23.1. The van der Waals surface area contributed by atoms with E-state index in [4.69, 9.17) is 4.98 Å². The molecule has 0 bridgehead atoms. The zero-order valence-electron chi connectivity index (χ0n) is 18.4. The summed E-state index contributed by atoms with van der Waals surface area (Å²) in [5, 5.41) is 3.70. The van der Waals surface area contributed by atoms with Crippen LogP contribution in [-0.2, 0) is 11.3 Å². The molecule has 0 radical (unpaired) electrons. The van der Waals surface area contributed by atoms with Gasteiger partial charge in [-0.2, -0.15) is 0 Å². The van der Waals surface area contributed by atoms with Crippen LogP contribution in [0.5, 0.6) is 0 Å². The van der Waals surface area contributed by atoms with Crippen molar-refractivity contribution in [2.75, 3.05) is 11.1 Å². The zero-order valence-corrected chi connectivity index (χ0v) is 20.1. The number of carbonyl (C=O) groups excluding carboxylic acids is 1. The predicted octanol–water partition coefficient (Wildman–Crippen LogP) is 5.37. The summed E-state index contributed by atoms with van der Waals surface area (Å²) in [6.07, 6.45) is 1.67. The maximum Gasteiger partial charge on any atom is 0.272 e. The molecule has 10 heteroatoms. The summed E-state index contributed by atoms with van der Waals surface area (Å²) < 4.78 is 28.7. The SMILES string of the molecule is Cc1ccc(Cn2c(SCC(=O)Nc3ccc(F)c(F)c3)nc3c(sc4ncccc43)c2=O)cc1. The summed E-state index contributed by atoms with van der Waals surface area (Å²) in [5.41, 5.74) is 2.51. The van der Waals surface area contributed by atoms with E-state index < -0.39 is 17.5 Å². The number of nitrogens with one attached hydrogen (secondary N) is 1. The van der Waals surface area contributed by atoms with Crippen molar-refractivity contribution in [2.45, 2.75) is 18.6 Å². The highest BCUT2D eigenvalue weighted by molar-refractivity contribution is 7.99. The maximum atomic E-state index is 13.5. The number of halogens is 2. The van der Waals surface area contributed by atoms with Gasteiger partial charge in [0.25, 0.3) is 5.56 Å². The van der Waals surface area contributed by atoms with E-state index in [-0.39, 0.29) is 23.5 Å². The fraction of sp³-hybridized carbons (Fsp3) is 0.120. The number of amides is 1. The molecule has 3 heterocycles. The van der Waals surface area contributed by atoms with Crippen LogP contribution in [0.1, 0.15) is 11.1 Å². The molecule has 0 aliphatic heterocycles. The van der Waals surface area contributed by atoms with Crippen LogP contribution in [-0.4, -0.2) is 26.2 Å². The molecule has 0 aliphatic carbocycles. The first-order valence-corrected chi connectivity index (χ1v) is 12.4. The van der Waals surface area contributed by atoms with Gasteiger partial charge in [-0.25, -0.2) is 18.7 Å². The Morgan fingerprint density at radius 2 is 1.91 bits per heavy atom. The Morgan fingerprint density at radius 3 is 2.69 bits per heavy atom. The molecule has 5 rings (SSSR count). The molecule has 1 amide bonds. The number of carbonyl (C=O) groups is 1. The van der Waals surface area contributed by atoms with Crippen molar-refractivity contribution in [3.8, 4) is 0 Å². The van der Waals surface area contributed by atoms with Crippen LogP contribution < -0.4 is 10.9 Å². The Balaban J connectivity index is 1.49. The minimum atomic E-state index is -1.05. The number of benzene rings is 2. The number of hydrogen-bond donors (Lipinski definition) is 1. The normalized spacial score (nSPS) is 11.3. The second kappa shape index (κ2) is 9.55. The lowest BCUT2D eigenvalue weighted by atomic mass is 10.1. The third kappa shape index (κ3) is 4.80. The van der Waals surface area contributed by atoms with Crippen molar-refractivity contribution in [1.29, 1.82) is 0 Å². The van der Waals surface area contributed by atoms with Crippen LogP contribution >= 0.6 is 23.1 Å². The molecule has 1 N–H and O–H groups in total. The van der Waals surface area contributed by atoms with E-state index in [1.165, 1.54) is 17.4 Å². The van der Waals surface area contributed by atoms with Crippen molar-refractivity contribution in [3.05, 3.63) is 93.9 Å². The van der Waals surface area contributed by atoms with Crippen molar-refractivity contribution < 1.29 is 13.6 Å². The van der Waals surface area contributed by atoms with Crippen LogP contribution in [0.15, 0.2) is 70.7 Å². The molecule has 0 saturated carbocycles. The second-order valence-corrected chi connectivity index (χ2v) is 9.81. The van der Waals surface area contributed by atoms with E-state index >= 15 is 0 Å². The van der Waals surface area contributed by atoms with E-state index in [0.29, 0.717) is 20.2 Å². The zero-order chi connectivity index (χ0) is 24.5. The molecule has 0 spiro atoms. The summed E-state index contributed by atoms with van der Waals surface area (Å²) >= 11 is 2.39. The highest BCUT2D eigenvalue weighted by atomic mass is 32.2. The summed E-state index contributed by atoms with van der Waals surface area (Å²) in [7, 11) is 0. The number of thioether (sulfide) groups is 1. The van der Waals surface area contributed by atoms with Gasteiger partial charge in [-0.1, -0.05) is 41.6 Å². The smallest absolute Gasteiger partial charge is 0.272 e.